The number of β-amino-alcohol motifs (C(OH)–C–C–N with tert-alkyl or cyclic N) is 1. The monoisotopic (exact) mass is 662 g/mol. The van der Waals surface area contributed by atoms with Crippen molar-refractivity contribution in [1.82, 2.24) is 14.9 Å². The molecule has 0 spiro atoms. The third-order valence-electron chi connectivity index (χ3n) is 10.6. The fourth-order valence-electron chi connectivity index (χ4n) is 8.31. The number of aliphatic hydroxyl groups excluding tert-OH is 1. The van der Waals surface area contributed by atoms with Crippen LogP contribution in [0.25, 0.3) is 32.9 Å². The first-order chi connectivity index (χ1) is 23.2. The lowest BCUT2D eigenvalue weighted by Crippen LogP contribution is -2.47. The van der Waals surface area contributed by atoms with Gasteiger partial charge < -0.3 is 29.3 Å². The highest BCUT2D eigenvalue weighted by Gasteiger charge is 2.49. The molecule has 11 heteroatoms. The van der Waals surface area contributed by atoms with Gasteiger partial charge in [-0.15, -0.1) is 0 Å². The molecule has 5 heterocycles. The number of ether oxygens (including phenoxy) is 3. The average molecular weight is 663 g/mol. The summed E-state index contributed by atoms with van der Waals surface area (Å²) < 4.78 is 49.6. The molecule has 9 nitrogen and oxygen atoms in total. The highest BCUT2D eigenvalue weighted by atomic mass is 19.1. The van der Waals surface area contributed by atoms with Gasteiger partial charge in [-0.2, -0.15) is 0 Å². The van der Waals surface area contributed by atoms with Crippen molar-refractivity contribution >= 4 is 27.4 Å². The summed E-state index contributed by atoms with van der Waals surface area (Å²) in [6.07, 6.45) is 7.27. The van der Waals surface area contributed by atoms with Crippen molar-refractivity contribution in [3.05, 3.63) is 53.7 Å². The van der Waals surface area contributed by atoms with Crippen LogP contribution >= 0.6 is 0 Å². The van der Waals surface area contributed by atoms with Gasteiger partial charge in [-0.05, 0) is 92.9 Å². The highest BCUT2D eigenvalue weighted by molar-refractivity contribution is 6.02. The molecule has 0 bridgehead atoms. The number of aliphatic hydroxyl groups is 2. The Morgan fingerprint density at radius 2 is 1.90 bits per heavy atom. The van der Waals surface area contributed by atoms with Crippen LogP contribution in [0, 0.1) is 11.6 Å². The van der Waals surface area contributed by atoms with Crippen LogP contribution in [0.4, 0.5) is 14.5 Å². The summed E-state index contributed by atoms with van der Waals surface area (Å²) >= 11 is 0. The first-order valence-electron chi connectivity index (χ1n) is 17.0. The first kappa shape index (κ1) is 32.9. The van der Waals surface area contributed by atoms with Gasteiger partial charge in [0.2, 0.25) is 5.88 Å². The van der Waals surface area contributed by atoms with Gasteiger partial charge in [0, 0.05) is 49.5 Å². The molecule has 2 N–H and O–H groups in total. The fourth-order valence-corrected chi connectivity index (χ4v) is 8.31. The number of nitrogens with zero attached hydrogens (tertiary/aromatic N) is 4. The number of rotatable bonds is 10. The smallest absolute Gasteiger partial charge is 0.216 e. The fraction of sp³-hybridized carbons (Fsp3) is 0.514. The van der Waals surface area contributed by atoms with Crippen LogP contribution in [-0.4, -0.2) is 89.0 Å². The summed E-state index contributed by atoms with van der Waals surface area (Å²) in [5.41, 5.74) is 0.560. The van der Waals surface area contributed by atoms with Crippen molar-refractivity contribution in [2.45, 2.75) is 76.0 Å². The molecule has 0 saturated carbocycles. The minimum absolute atomic E-state index is 0.0103. The number of benzene rings is 2. The van der Waals surface area contributed by atoms with Crippen LogP contribution in [0.5, 0.6) is 11.6 Å². The van der Waals surface area contributed by atoms with E-state index in [2.05, 4.69) is 14.8 Å². The van der Waals surface area contributed by atoms with Gasteiger partial charge in [0.05, 0.1) is 23.4 Å². The maximum absolute atomic E-state index is 17.1. The van der Waals surface area contributed by atoms with E-state index in [-0.39, 0.29) is 47.9 Å². The second-order valence-corrected chi connectivity index (χ2v) is 13.9. The Balaban J connectivity index is 1.37. The van der Waals surface area contributed by atoms with Gasteiger partial charge in [0.25, 0.3) is 0 Å². The van der Waals surface area contributed by atoms with Crippen LogP contribution < -0.4 is 14.4 Å². The van der Waals surface area contributed by atoms with Crippen molar-refractivity contribution < 1.29 is 33.2 Å². The summed E-state index contributed by atoms with van der Waals surface area (Å²) in [5.74, 6) is -0.299. The van der Waals surface area contributed by atoms with Crippen molar-refractivity contribution in [1.29, 1.82) is 0 Å². The van der Waals surface area contributed by atoms with E-state index in [0.29, 0.717) is 71.3 Å². The Morgan fingerprint density at radius 3 is 2.67 bits per heavy atom. The molecule has 0 aliphatic carbocycles. The normalized spacial score (nSPS) is 24.5. The quantitative estimate of drug-likeness (QED) is 0.198. The molecular formula is C37H44F2N4O5. The Labute approximate surface area is 279 Å². The molecule has 4 aromatic rings. The molecule has 3 aliphatic rings. The number of aryl methyl sites for hydroxylation is 1. The van der Waals surface area contributed by atoms with E-state index in [1.165, 1.54) is 13.2 Å². The Bertz CT molecular complexity index is 1840. The number of halogens is 2. The van der Waals surface area contributed by atoms with Crippen LogP contribution in [0.1, 0.15) is 57.9 Å². The minimum atomic E-state index is -0.907. The van der Waals surface area contributed by atoms with Crippen LogP contribution in [-0.2, 0) is 11.2 Å². The van der Waals surface area contributed by atoms with Crippen molar-refractivity contribution in [3.8, 4) is 22.9 Å². The maximum atomic E-state index is 17.1. The van der Waals surface area contributed by atoms with Gasteiger partial charge >= 0.3 is 0 Å². The summed E-state index contributed by atoms with van der Waals surface area (Å²) in [5, 5.41) is 22.7. The molecule has 3 saturated heterocycles. The lowest BCUT2D eigenvalue weighted by Gasteiger charge is -2.39. The third kappa shape index (κ3) is 5.84. The molecule has 7 rings (SSSR count). The zero-order valence-corrected chi connectivity index (χ0v) is 27.9. The molecule has 48 heavy (non-hydrogen) atoms. The first-order valence-corrected chi connectivity index (χ1v) is 17.0. The topological polar surface area (TPSA) is 100 Å². The van der Waals surface area contributed by atoms with E-state index < -0.39 is 11.4 Å². The number of hydrogen-bond donors (Lipinski definition) is 2. The number of piperidine rings is 1. The molecule has 0 radical (unpaired) electrons. The van der Waals surface area contributed by atoms with Crippen LogP contribution in [0.15, 0.2) is 36.5 Å². The predicted octanol–water partition coefficient (Wildman–Crippen LogP) is 5.99. The molecule has 0 amide bonds. The average Bonchev–Trinajstić information content (AvgIpc) is 3.65. The van der Waals surface area contributed by atoms with Crippen molar-refractivity contribution in [3.63, 3.8) is 0 Å². The Kier molecular flexibility index (Phi) is 8.91. The second kappa shape index (κ2) is 13.0. The van der Waals surface area contributed by atoms with E-state index in [4.69, 9.17) is 19.2 Å². The maximum Gasteiger partial charge on any atom is 0.216 e. The van der Waals surface area contributed by atoms with Crippen molar-refractivity contribution in [2.75, 3.05) is 51.7 Å². The van der Waals surface area contributed by atoms with Gasteiger partial charge in [-0.1, -0.05) is 13.0 Å². The molecule has 3 fully saturated rings. The van der Waals surface area contributed by atoms with E-state index in [1.807, 2.05) is 19.9 Å². The van der Waals surface area contributed by atoms with E-state index in [9.17, 15) is 10.2 Å². The number of aromatic nitrogens is 2. The molecule has 3 aliphatic heterocycles. The van der Waals surface area contributed by atoms with E-state index >= 15 is 8.78 Å². The second-order valence-electron chi connectivity index (χ2n) is 13.9. The Morgan fingerprint density at radius 1 is 1.06 bits per heavy atom. The Hall–Kier alpha value is -3.64. The van der Waals surface area contributed by atoms with Gasteiger partial charge in [0.1, 0.15) is 29.4 Å². The number of fused-ring (bicyclic) bond motifs is 3. The number of methoxy groups -OCH3 is 1. The lowest BCUT2D eigenvalue weighted by molar-refractivity contribution is 0.0449. The van der Waals surface area contributed by atoms with Gasteiger partial charge in [-0.25, -0.2) is 13.8 Å². The van der Waals surface area contributed by atoms with Gasteiger partial charge in [-0.3, -0.25) is 9.88 Å². The molecular weight excluding hydrogens is 618 g/mol. The van der Waals surface area contributed by atoms with Crippen molar-refractivity contribution in [2.24, 2.45) is 0 Å². The zero-order chi connectivity index (χ0) is 33.6. The van der Waals surface area contributed by atoms with E-state index in [1.54, 1.807) is 24.4 Å². The summed E-state index contributed by atoms with van der Waals surface area (Å²) in [4.78, 5) is 13.8. The summed E-state index contributed by atoms with van der Waals surface area (Å²) in [6, 6.07) is 8.49. The standard InChI is InChI=1S/C37H44F2N4O5/c1-4-26-29(38)8-7-23-15-25(48-22-46-3)16-27(32(23)26)34-33(39)35-28(18-40-34)30(42-13-5-10-36(2,45)20-42)17-31(41-35)47-21-37-11-6-14-43(37)24(19-44)9-12-37/h7-8,15-18,24,44-45H,4-6,9-14,19-22H2,1-3H3/t24-,36+,37-/m0/s1. The molecule has 256 valence electrons. The SMILES string of the molecule is CCc1c(F)ccc2cc(OCOC)cc(-c3ncc4c(N5CCC[C@@](C)(O)C5)cc(OC[C@@]56CCCN5[C@H](CO)CC6)nc4c3F)c12. The summed E-state index contributed by atoms with van der Waals surface area (Å²) in [7, 11) is 1.52. The lowest BCUT2D eigenvalue weighted by atomic mass is 9.93. The van der Waals surface area contributed by atoms with E-state index in [0.717, 1.165) is 38.6 Å². The predicted molar refractivity (Wildman–Crippen MR) is 181 cm³/mol. The zero-order valence-electron chi connectivity index (χ0n) is 27.9. The molecule has 2 aromatic carbocycles. The number of pyridine rings is 2. The molecule has 3 atom stereocenters. The molecule has 0 unspecified atom stereocenters. The number of hydrogen-bond acceptors (Lipinski definition) is 9. The highest BCUT2D eigenvalue weighted by Crippen LogP contribution is 2.44. The number of anilines is 1. The minimum Gasteiger partial charge on any atom is -0.476 e. The van der Waals surface area contributed by atoms with Crippen LogP contribution in [0.3, 0.4) is 0 Å². The largest absolute Gasteiger partial charge is 0.476 e. The third-order valence-corrected chi connectivity index (χ3v) is 10.6. The van der Waals surface area contributed by atoms with Gasteiger partial charge in [0.15, 0.2) is 12.6 Å². The molecule has 2 aromatic heterocycles. The summed E-state index contributed by atoms with van der Waals surface area (Å²) in [6.45, 7) is 6.13. The van der Waals surface area contributed by atoms with Crippen LogP contribution in [0.2, 0.25) is 0 Å².